The predicted octanol–water partition coefficient (Wildman–Crippen LogP) is 2.39. The van der Waals surface area contributed by atoms with Crippen LogP contribution < -0.4 is 0 Å². The van der Waals surface area contributed by atoms with E-state index in [1.54, 1.807) is 0 Å². The van der Waals surface area contributed by atoms with E-state index >= 15 is 0 Å². The highest BCUT2D eigenvalue weighted by Crippen LogP contribution is 2.27. The van der Waals surface area contributed by atoms with Gasteiger partial charge >= 0.3 is 0 Å². The highest BCUT2D eigenvalue weighted by atomic mass is 15.5. The zero-order valence-corrected chi connectivity index (χ0v) is 12.0. The molecule has 0 aliphatic rings. The number of aromatic amines is 1. The Morgan fingerprint density at radius 3 is 2.13 bits per heavy atom. The summed E-state index contributed by atoms with van der Waals surface area (Å²) in [7, 11) is 0. The summed E-state index contributed by atoms with van der Waals surface area (Å²) in [5.41, 5.74) is 2.58. The van der Waals surface area contributed by atoms with Crippen LogP contribution in [-0.4, -0.2) is 35.6 Å². The fourth-order valence-corrected chi connectivity index (χ4v) is 2.30. The lowest BCUT2D eigenvalue weighted by molar-refractivity contribution is 0.881. The second-order valence-electron chi connectivity index (χ2n) is 4.78. The molecule has 110 valence electrons. The Kier molecular flexibility index (Phi) is 3.28. The van der Waals surface area contributed by atoms with E-state index in [1.807, 2.05) is 54.6 Å². The Bertz CT molecular complexity index is 920. The van der Waals surface area contributed by atoms with Gasteiger partial charge in [0.1, 0.15) is 6.33 Å². The minimum absolute atomic E-state index is 0.502. The average Bonchev–Trinajstić information content (AvgIpc) is 3.17. The fraction of sp³-hybridized carbons (Fsp3) is 0. The molecule has 1 N–H and O–H groups in total. The molecule has 4 aromatic rings. The summed E-state index contributed by atoms with van der Waals surface area (Å²) in [6, 6.07) is 17.4. The fourth-order valence-electron chi connectivity index (χ4n) is 2.30. The standard InChI is InChI=1S/C16H11N7/c1-2-6-11(7-3-1)14-17-10-18-15(19-14)12-8-4-5-9-13(12)16-20-22-23-21-16/h1-10H,(H,20,21,22,23). The van der Waals surface area contributed by atoms with Gasteiger partial charge in [-0.15, -0.1) is 10.2 Å². The van der Waals surface area contributed by atoms with Crippen molar-refractivity contribution in [1.29, 1.82) is 0 Å². The maximum Gasteiger partial charge on any atom is 0.205 e. The molecule has 0 spiro atoms. The first kappa shape index (κ1) is 13.2. The van der Waals surface area contributed by atoms with E-state index in [2.05, 4.69) is 35.6 Å². The smallest absolute Gasteiger partial charge is 0.205 e. The van der Waals surface area contributed by atoms with Crippen molar-refractivity contribution in [2.45, 2.75) is 0 Å². The molecule has 0 radical (unpaired) electrons. The lowest BCUT2D eigenvalue weighted by atomic mass is 10.1. The molecule has 0 bridgehead atoms. The first-order valence-corrected chi connectivity index (χ1v) is 6.99. The first-order valence-electron chi connectivity index (χ1n) is 6.99. The van der Waals surface area contributed by atoms with E-state index < -0.39 is 0 Å². The summed E-state index contributed by atoms with van der Waals surface area (Å²) >= 11 is 0. The van der Waals surface area contributed by atoms with E-state index in [4.69, 9.17) is 0 Å². The van der Waals surface area contributed by atoms with Gasteiger partial charge < -0.3 is 0 Å². The summed E-state index contributed by atoms with van der Waals surface area (Å²) in [5, 5.41) is 14.1. The average molecular weight is 301 g/mol. The Morgan fingerprint density at radius 1 is 0.696 bits per heavy atom. The summed E-state index contributed by atoms with van der Waals surface area (Å²) in [4.78, 5) is 13.1. The van der Waals surface area contributed by atoms with Gasteiger partial charge in [0.05, 0.1) is 0 Å². The zero-order valence-electron chi connectivity index (χ0n) is 12.0. The molecule has 0 saturated carbocycles. The molecule has 0 amide bonds. The summed E-state index contributed by atoms with van der Waals surface area (Å²) in [6.45, 7) is 0. The second-order valence-corrected chi connectivity index (χ2v) is 4.78. The van der Waals surface area contributed by atoms with Gasteiger partial charge in [0.25, 0.3) is 0 Å². The van der Waals surface area contributed by atoms with Crippen molar-refractivity contribution in [3.8, 4) is 34.2 Å². The topological polar surface area (TPSA) is 93.1 Å². The number of nitrogens with one attached hydrogen (secondary N) is 1. The number of benzene rings is 2. The first-order chi connectivity index (χ1) is 11.4. The number of nitrogens with zero attached hydrogens (tertiary/aromatic N) is 6. The quantitative estimate of drug-likeness (QED) is 0.624. The highest BCUT2D eigenvalue weighted by molar-refractivity contribution is 5.77. The van der Waals surface area contributed by atoms with Gasteiger partial charge in [0.2, 0.25) is 5.82 Å². The maximum atomic E-state index is 4.58. The largest absolute Gasteiger partial charge is 0.217 e. The molecule has 2 heterocycles. The maximum absolute atomic E-state index is 4.58. The highest BCUT2D eigenvalue weighted by Gasteiger charge is 2.13. The molecule has 0 aliphatic carbocycles. The van der Waals surface area contributed by atoms with Gasteiger partial charge in [-0.3, -0.25) is 0 Å². The molecule has 0 aliphatic heterocycles. The summed E-state index contributed by atoms with van der Waals surface area (Å²) in [5.74, 6) is 1.69. The van der Waals surface area contributed by atoms with Crippen LogP contribution in [0, 0.1) is 0 Å². The molecule has 7 nitrogen and oxygen atoms in total. The molecule has 0 atom stereocenters. The van der Waals surface area contributed by atoms with Crippen molar-refractivity contribution in [3.63, 3.8) is 0 Å². The Labute approximate surface area is 131 Å². The number of hydrogen-bond acceptors (Lipinski definition) is 6. The number of hydrogen-bond donors (Lipinski definition) is 1. The van der Waals surface area contributed by atoms with E-state index in [0.717, 1.165) is 16.7 Å². The monoisotopic (exact) mass is 301 g/mol. The van der Waals surface area contributed by atoms with Gasteiger partial charge in [0.15, 0.2) is 11.6 Å². The SMILES string of the molecule is c1ccc(-c2ncnc(-c3ccccc3-c3nn[nH]n3)n2)cc1. The van der Waals surface area contributed by atoms with Crippen molar-refractivity contribution in [2.24, 2.45) is 0 Å². The molecule has 0 fully saturated rings. The summed E-state index contributed by atoms with van der Waals surface area (Å²) < 4.78 is 0. The molecule has 0 saturated heterocycles. The lowest BCUT2D eigenvalue weighted by Gasteiger charge is -2.06. The number of tetrazole rings is 1. The van der Waals surface area contributed by atoms with Gasteiger partial charge in [-0.25, -0.2) is 15.0 Å². The second kappa shape index (κ2) is 5.72. The van der Waals surface area contributed by atoms with Crippen LogP contribution in [0.25, 0.3) is 34.2 Å². The molecule has 4 rings (SSSR count). The van der Waals surface area contributed by atoms with Crippen LogP contribution in [0.4, 0.5) is 0 Å². The molecular weight excluding hydrogens is 290 g/mol. The van der Waals surface area contributed by atoms with Crippen LogP contribution in [0.2, 0.25) is 0 Å². The van der Waals surface area contributed by atoms with Crippen molar-refractivity contribution in [3.05, 3.63) is 60.9 Å². The van der Waals surface area contributed by atoms with Crippen molar-refractivity contribution in [2.75, 3.05) is 0 Å². The zero-order chi connectivity index (χ0) is 15.5. The Hall–Kier alpha value is -3.48. The van der Waals surface area contributed by atoms with Gasteiger partial charge in [-0.1, -0.05) is 54.6 Å². The number of H-pyrrole nitrogens is 1. The minimum Gasteiger partial charge on any atom is -0.217 e. The molecule has 7 heteroatoms. The lowest BCUT2D eigenvalue weighted by Crippen LogP contribution is -1.97. The van der Waals surface area contributed by atoms with Gasteiger partial charge in [-0.05, 0) is 5.21 Å². The van der Waals surface area contributed by atoms with E-state index in [1.165, 1.54) is 6.33 Å². The third-order valence-corrected chi connectivity index (χ3v) is 3.36. The minimum atomic E-state index is 0.502. The number of rotatable bonds is 3. The third kappa shape index (κ3) is 2.55. The summed E-state index contributed by atoms with van der Waals surface area (Å²) in [6.07, 6.45) is 1.51. The third-order valence-electron chi connectivity index (χ3n) is 3.36. The number of aromatic nitrogens is 7. The van der Waals surface area contributed by atoms with Crippen molar-refractivity contribution < 1.29 is 0 Å². The van der Waals surface area contributed by atoms with E-state index in [9.17, 15) is 0 Å². The van der Waals surface area contributed by atoms with Gasteiger partial charge in [0, 0.05) is 16.7 Å². The van der Waals surface area contributed by atoms with E-state index in [-0.39, 0.29) is 0 Å². The predicted molar refractivity (Wildman–Crippen MR) is 83.9 cm³/mol. The van der Waals surface area contributed by atoms with Crippen molar-refractivity contribution in [1.82, 2.24) is 35.6 Å². The van der Waals surface area contributed by atoms with Crippen LogP contribution >= 0.6 is 0 Å². The molecular formula is C16H11N7. The van der Waals surface area contributed by atoms with Gasteiger partial charge in [-0.2, -0.15) is 5.21 Å². The van der Waals surface area contributed by atoms with Crippen LogP contribution in [0.5, 0.6) is 0 Å². The molecule has 2 aromatic carbocycles. The van der Waals surface area contributed by atoms with E-state index in [0.29, 0.717) is 17.5 Å². The van der Waals surface area contributed by atoms with Crippen LogP contribution in [0.15, 0.2) is 60.9 Å². The molecule has 2 aromatic heterocycles. The normalized spacial score (nSPS) is 10.6. The van der Waals surface area contributed by atoms with Crippen LogP contribution in [0.3, 0.4) is 0 Å². The Balaban J connectivity index is 1.84. The van der Waals surface area contributed by atoms with Crippen LogP contribution in [-0.2, 0) is 0 Å². The molecule has 23 heavy (non-hydrogen) atoms. The molecule has 0 unspecified atom stereocenters. The van der Waals surface area contributed by atoms with Crippen LogP contribution in [0.1, 0.15) is 0 Å². The Morgan fingerprint density at radius 2 is 1.39 bits per heavy atom. The van der Waals surface area contributed by atoms with Crippen molar-refractivity contribution >= 4 is 0 Å².